The lowest BCUT2D eigenvalue weighted by Crippen LogP contribution is -2.07. The first-order chi connectivity index (χ1) is 11.4. The molecule has 0 aliphatic heterocycles. The molecule has 0 amide bonds. The summed E-state index contributed by atoms with van der Waals surface area (Å²) < 4.78 is 0. The van der Waals surface area contributed by atoms with E-state index >= 15 is 0 Å². The third-order valence-corrected chi connectivity index (χ3v) is 5.38. The van der Waals surface area contributed by atoms with Gasteiger partial charge >= 0.3 is 0 Å². The van der Waals surface area contributed by atoms with Gasteiger partial charge in [0.2, 0.25) is 0 Å². The van der Waals surface area contributed by atoms with Gasteiger partial charge in [0.05, 0.1) is 11.4 Å². The molecule has 2 aromatic heterocycles. The van der Waals surface area contributed by atoms with Crippen LogP contribution in [0.1, 0.15) is 38.2 Å². The van der Waals surface area contributed by atoms with E-state index in [1.165, 1.54) is 54.7 Å². The van der Waals surface area contributed by atoms with Gasteiger partial charge in [0, 0.05) is 16.4 Å². The molecule has 0 aliphatic carbocycles. The Morgan fingerprint density at radius 2 is 1.39 bits per heavy atom. The van der Waals surface area contributed by atoms with Gasteiger partial charge in [-0.15, -0.1) is 0 Å². The highest BCUT2D eigenvalue weighted by Crippen LogP contribution is 2.36. The highest BCUT2D eigenvalue weighted by Gasteiger charge is 2.12. The van der Waals surface area contributed by atoms with Crippen LogP contribution in [-0.2, 0) is 6.42 Å². The molecule has 2 heterocycles. The molecule has 0 fully saturated rings. The quantitative estimate of drug-likeness (QED) is 0.386. The fourth-order valence-electron chi connectivity index (χ4n) is 2.78. The van der Waals surface area contributed by atoms with E-state index in [1.54, 1.807) is 22.7 Å². The Labute approximate surface area is 147 Å². The van der Waals surface area contributed by atoms with Crippen LogP contribution < -0.4 is 4.90 Å². The summed E-state index contributed by atoms with van der Waals surface area (Å²) in [5.74, 6) is 0. The third kappa shape index (κ3) is 4.24. The first-order valence-electron chi connectivity index (χ1n) is 8.32. The lowest BCUT2D eigenvalue weighted by atomic mass is 10.1. The second-order valence-electron chi connectivity index (χ2n) is 5.78. The van der Waals surface area contributed by atoms with Gasteiger partial charge in [0.25, 0.3) is 0 Å². The molecule has 0 N–H and O–H groups in total. The van der Waals surface area contributed by atoms with Gasteiger partial charge in [-0.1, -0.05) is 38.3 Å². The second kappa shape index (κ2) is 8.32. The van der Waals surface area contributed by atoms with Crippen LogP contribution >= 0.6 is 22.7 Å². The van der Waals surface area contributed by atoms with E-state index < -0.39 is 0 Å². The van der Waals surface area contributed by atoms with E-state index in [0.29, 0.717) is 0 Å². The summed E-state index contributed by atoms with van der Waals surface area (Å²) in [7, 11) is 0. The number of aryl methyl sites for hydroxylation is 1. The summed E-state index contributed by atoms with van der Waals surface area (Å²) in [5, 5.41) is 8.68. The van der Waals surface area contributed by atoms with E-state index in [4.69, 9.17) is 0 Å². The Hall–Kier alpha value is -1.58. The summed E-state index contributed by atoms with van der Waals surface area (Å²) in [5.41, 5.74) is 5.16. The standard InChI is InChI=1S/C20H23NS2/c1-2-3-4-5-6-17-7-9-18(10-8-17)21(19-11-13-22-15-19)20-12-14-23-16-20/h7-16H,2-6H2,1H3. The Bertz CT molecular complexity index is 635. The number of benzene rings is 1. The second-order valence-corrected chi connectivity index (χ2v) is 7.34. The zero-order chi connectivity index (χ0) is 15.9. The van der Waals surface area contributed by atoms with Gasteiger partial charge in [-0.25, -0.2) is 0 Å². The molecule has 3 heteroatoms. The average molecular weight is 342 g/mol. The molecule has 0 saturated heterocycles. The molecule has 0 saturated carbocycles. The van der Waals surface area contributed by atoms with Crippen LogP contribution in [0.5, 0.6) is 0 Å². The Balaban J connectivity index is 1.75. The van der Waals surface area contributed by atoms with Crippen molar-refractivity contribution in [2.45, 2.75) is 39.0 Å². The highest BCUT2D eigenvalue weighted by molar-refractivity contribution is 7.08. The molecule has 0 bridgehead atoms. The summed E-state index contributed by atoms with van der Waals surface area (Å²) in [6.07, 6.45) is 6.48. The number of unbranched alkanes of at least 4 members (excludes halogenated alkanes) is 3. The van der Waals surface area contributed by atoms with Crippen LogP contribution in [0.25, 0.3) is 0 Å². The molecule has 1 nitrogen and oxygen atoms in total. The van der Waals surface area contributed by atoms with Crippen LogP contribution in [-0.4, -0.2) is 0 Å². The zero-order valence-corrected chi connectivity index (χ0v) is 15.2. The van der Waals surface area contributed by atoms with E-state index in [9.17, 15) is 0 Å². The number of hydrogen-bond acceptors (Lipinski definition) is 3. The Morgan fingerprint density at radius 3 is 1.91 bits per heavy atom. The van der Waals surface area contributed by atoms with Gasteiger partial charge in [0.15, 0.2) is 0 Å². The molecule has 23 heavy (non-hydrogen) atoms. The molecule has 3 rings (SSSR count). The first kappa shape index (κ1) is 16.3. The zero-order valence-electron chi connectivity index (χ0n) is 13.6. The van der Waals surface area contributed by atoms with E-state index in [-0.39, 0.29) is 0 Å². The number of rotatable bonds is 8. The SMILES string of the molecule is CCCCCCc1ccc(N(c2ccsc2)c2ccsc2)cc1. The summed E-state index contributed by atoms with van der Waals surface area (Å²) in [4.78, 5) is 2.33. The van der Waals surface area contributed by atoms with Crippen molar-refractivity contribution in [1.29, 1.82) is 0 Å². The molecule has 120 valence electrons. The van der Waals surface area contributed by atoms with Crippen molar-refractivity contribution in [3.05, 3.63) is 63.5 Å². The third-order valence-electron chi connectivity index (χ3n) is 4.04. The molecule has 0 unspecified atom stereocenters. The van der Waals surface area contributed by atoms with Crippen molar-refractivity contribution < 1.29 is 0 Å². The highest BCUT2D eigenvalue weighted by atomic mass is 32.1. The van der Waals surface area contributed by atoms with Crippen molar-refractivity contribution in [2.75, 3.05) is 4.90 Å². The van der Waals surface area contributed by atoms with Crippen LogP contribution in [0, 0.1) is 0 Å². The lowest BCUT2D eigenvalue weighted by Gasteiger charge is -2.22. The van der Waals surface area contributed by atoms with Crippen molar-refractivity contribution in [3.8, 4) is 0 Å². The van der Waals surface area contributed by atoms with Crippen molar-refractivity contribution in [3.63, 3.8) is 0 Å². The molecule has 1 aromatic carbocycles. The molecule has 3 aromatic rings. The average Bonchev–Trinajstić information content (AvgIpc) is 3.28. The van der Waals surface area contributed by atoms with E-state index in [0.717, 1.165) is 0 Å². The summed E-state index contributed by atoms with van der Waals surface area (Å²) in [6.45, 7) is 2.26. The molecule has 0 spiro atoms. The summed E-state index contributed by atoms with van der Waals surface area (Å²) >= 11 is 3.48. The molecule has 0 aliphatic rings. The van der Waals surface area contributed by atoms with Crippen LogP contribution in [0.4, 0.5) is 17.1 Å². The van der Waals surface area contributed by atoms with Gasteiger partial charge in [0.1, 0.15) is 0 Å². The number of thiophene rings is 2. The monoisotopic (exact) mass is 341 g/mol. The molecule has 0 radical (unpaired) electrons. The van der Waals surface area contributed by atoms with Gasteiger partial charge < -0.3 is 4.90 Å². The molecule has 0 atom stereocenters. The maximum atomic E-state index is 2.33. The number of nitrogens with zero attached hydrogens (tertiary/aromatic N) is 1. The van der Waals surface area contributed by atoms with Crippen LogP contribution in [0.3, 0.4) is 0 Å². The van der Waals surface area contributed by atoms with Crippen molar-refractivity contribution in [2.24, 2.45) is 0 Å². The lowest BCUT2D eigenvalue weighted by molar-refractivity contribution is 0.667. The van der Waals surface area contributed by atoms with E-state index in [2.05, 4.69) is 69.7 Å². The number of hydrogen-bond donors (Lipinski definition) is 0. The summed E-state index contributed by atoms with van der Waals surface area (Å²) in [6, 6.07) is 13.4. The van der Waals surface area contributed by atoms with Crippen molar-refractivity contribution >= 4 is 39.7 Å². The van der Waals surface area contributed by atoms with Crippen LogP contribution in [0.2, 0.25) is 0 Å². The number of anilines is 3. The topological polar surface area (TPSA) is 3.24 Å². The predicted molar refractivity (Wildman–Crippen MR) is 105 cm³/mol. The fraction of sp³-hybridized carbons (Fsp3) is 0.300. The Kier molecular flexibility index (Phi) is 5.89. The van der Waals surface area contributed by atoms with Gasteiger partial charge in [-0.3, -0.25) is 0 Å². The van der Waals surface area contributed by atoms with Gasteiger partial charge in [-0.2, -0.15) is 22.7 Å². The molecular weight excluding hydrogens is 318 g/mol. The predicted octanol–water partition coefficient (Wildman–Crippen LogP) is 7.40. The fourth-order valence-corrected chi connectivity index (χ4v) is 4.02. The van der Waals surface area contributed by atoms with Crippen LogP contribution in [0.15, 0.2) is 57.9 Å². The minimum Gasteiger partial charge on any atom is -0.309 e. The maximum Gasteiger partial charge on any atom is 0.0568 e. The minimum absolute atomic E-state index is 1.19. The van der Waals surface area contributed by atoms with Crippen molar-refractivity contribution in [1.82, 2.24) is 0 Å². The van der Waals surface area contributed by atoms with E-state index in [1.807, 2.05) is 0 Å². The minimum atomic E-state index is 1.19. The van der Waals surface area contributed by atoms with Gasteiger partial charge in [-0.05, 0) is 53.4 Å². The molecular formula is C20H23NS2. The Morgan fingerprint density at radius 1 is 0.739 bits per heavy atom. The normalized spacial score (nSPS) is 10.8. The maximum absolute atomic E-state index is 2.33. The smallest absolute Gasteiger partial charge is 0.0568 e. The first-order valence-corrected chi connectivity index (χ1v) is 10.2. The largest absolute Gasteiger partial charge is 0.309 e.